The van der Waals surface area contributed by atoms with Crippen molar-refractivity contribution in [3.05, 3.63) is 28.2 Å². The van der Waals surface area contributed by atoms with Gasteiger partial charge in [-0.05, 0) is 66.2 Å². The van der Waals surface area contributed by atoms with Gasteiger partial charge in [0.25, 0.3) is 0 Å². The Balaban J connectivity index is 1.69. The number of benzene rings is 1. The normalized spacial score (nSPS) is 24.5. The molecular weight excluding hydrogens is 304 g/mol. The van der Waals surface area contributed by atoms with Gasteiger partial charge in [-0.3, -0.25) is 0 Å². The molecule has 2 fully saturated rings. The number of anilines is 1. The van der Waals surface area contributed by atoms with Crippen LogP contribution in [0.15, 0.2) is 22.7 Å². The van der Waals surface area contributed by atoms with Crippen LogP contribution in [-0.4, -0.2) is 18.2 Å². The van der Waals surface area contributed by atoms with Gasteiger partial charge in [0.15, 0.2) is 0 Å². The van der Waals surface area contributed by atoms with Crippen molar-refractivity contribution in [2.24, 2.45) is 0 Å². The summed E-state index contributed by atoms with van der Waals surface area (Å²) in [4.78, 5) is 0. The first-order valence-electron chi connectivity index (χ1n) is 6.81. The Morgan fingerprint density at radius 1 is 1.42 bits per heavy atom. The summed E-state index contributed by atoms with van der Waals surface area (Å²) in [6.45, 7) is 0.853. The number of nitrogens with one attached hydrogen (secondary N) is 1. The van der Waals surface area contributed by atoms with Crippen molar-refractivity contribution in [3.8, 4) is 6.07 Å². The molecule has 1 spiro atoms. The smallest absolute Gasteiger partial charge is 0.0992 e. The quantitative estimate of drug-likeness (QED) is 0.900. The van der Waals surface area contributed by atoms with Crippen molar-refractivity contribution in [1.82, 2.24) is 0 Å². The van der Waals surface area contributed by atoms with Gasteiger partial charge < -0.3 is 10.1 Å². The Bertz CT molecular complexity index is 519. The maximum atomic E-state index is 8.87. The Labute approximate surface area is 122 Å². The highest BCUT2D eigenvalue weighted by atomic mass is 79.9. The van der Waals surface area contributed by atoms with Crippen LogP contribution in [0.4, 0.5) is 5.69 Å². The zero-order chi connectivity index (χ0) is 13.3. The lowest BCUT2D eigenvalue weighted by molar-refractivity contribution is -0.130. The average molecular weight is 321 g/mol. The predicted molar refractivity (Wildman–Crippen MR) is 78.0 cm³/mol. The van der Waals surface area contributed by atoms with Crippen LogP contribution < -0.4 is 5.32 Å². The van der Waals surface area contributed by atoms with Gasteiger partial charge in [0.05, 0.1) is 17.2 Å². The van der Waals surface area contributed by atoms with Crippen LogP contribution in [0, 0.1) is 11.3 Å². The molecule has 1 aromatic rings. The van der Waals surface area contributed by atoms with Crippen molar-refractivity contribution in [3.63, 3.8) is 0 Å². The first-order valence-corrected chi connectivity index (χ1v) is 7.60. The Kier molecular flexibility index (Phi) is 3.51. The molecule has 1 N–H and O–H groups in total. The molecule has 0 aromatic heterocycles. The summed E-state index contributed by atoms with van der Waals surface area (Å²) >= 11 is 3.53. The molecule has 1 saturated carbocycles. The predicted octanol–water partition coefficient (Wildman–Crippen LogP) is 3.83. The first-order chi connectivity index (χ1) is 9.21. The number of nitriles is 1. The molecule has 0 bridgehead atoms. The molecule has 1 unspecified atom stereocenters. The van der Waals surface area contributed by atoms with E-state index in [1.807, 2.05) is 18.2 Å². The minimum absolute atomic E-state index is 0.162. The maximum absolute atomic E-state index is 8.87. The van der Waals surface area contributed by atoms with E-state index >= 15 is 0 Å². The lowest BCUT2D eigenvalue weighted by Crippen LogP contribution is -2.49. The Morgan fingerprint density at radius 3 is 2.89 bits per heavy atom. The molecule has 1 atom stereocenters. The van der Waals surface area contributed by atoms with Crippen molar-refractivity contribution >= 4 is 21.6 Å². The third-order valence-corrected chi connectivity index (χ3v) is 4.87. The van der Waals surface area contributed by atoms with Crippen molar-refractivity contribution < 1.29 is 4.74 Å². The summed E-state index contributed by atoms with van der Waals surface area (Å²) in [7, 11) is 0. The zero-order valence-corrected chi connectivity index (χ0v) is 12.4. The molecule has 1 saturated heterocycles. The van der Waals surface area contributed by atoms with Crippen molar-refractivity contribution in [2.75, 3.05) is 11.9 Å². The highest BCUT2D eigenvalue weighted by Crippen LogP contribution is 2.43. The molecule has 19 heavy (non-hydrogen) atoms. The van der Waals surface area contributed by atoms with Gasteiger partial charge >= 0.3 is 0 Å². The van der Waals surface area contributed by atoms with E-state index in [2.05, 4.69) is 27.3 Å². The number of rotatable bonds is 2. The Morgan fingerprint density at radius 2 is 2.26 bits per heavy atom. The van der Waals surface area contributed by atoms with E-state index in [0.717, 1.165) is 29.6 Å². The van der Waals surface area contributed by atoms with Gasteiger partial charge in [-0.2, -0.15) is 5.26 Å². The van der Waals surface area contributed by atoms with Gasteiger partial charge in [0, 0.05) is 22.8 Å². The molecule has 1 heterocycles. The van der Waals surface area contributed by atoms with Crippen LogP contribution in [0.2, 0.25) is 0 Å². The molecule has 3 nitrogen and oxygen atoms in total. The van der Waals surface area contributed by atoms with E-state index in [4.69, 9.17) is 10.00 Å². The molecule has 1 aliphatic heterocycles. The minimum Gasteiger partial charge on any atom is -0.381 e. The first kappa shape index (κ1) is 13.0. The number of ether oxygens (including phenoxy) is 1. The zero-order valence-electron chi connectivity index (χ0n) is 10.8. The molecule has 4 heteroatoms. The van der Waals surface area contributed by atoms with Crippen LogP contribution in [0.5, 0.6) is 0 Å². The maximum Gasteiger partial charge on any atom is 0.0992 e. The van der Waals surface area contributed by atoms with Gasteiger partial charge in [-0.25, -0.2) is 0 Å². The fraction of sp³-hybridized carbons (Fsp3) is 0.533. The second-order valence-electron chi connectivity index (χ2n) is 5.53. The largest absolute Gasteiger partial charge is 0.381 e. The second kappa shape index (κ2) is 5.15. The Hall–Kier alpha value is -1.05. The number of halogens is 1. The van der Waals surface area contributed by atoms with E-state index in [9.17, 15) is 0 Å². The lowest BCUT2D eigenvalue weighted by atomic mass is 9.74. The van der Waals surface area contributed by atoms with E-state index < -0.39 is 0 Å². The summed E-state index contributed by atoms with van der Waals surface area (Å²) < 4.78 is 6.90. The van der Waals surface area contributed by atoms with Gasteiger partial charge in [-0.15, -0.1) is 0 Å². The standard InChI is InChI=1S/C15H17BrN2O/c16-13-8-11(10-17)2-3-14(13)18-12-4-7-19-15(9-12)5-1-6-15/h2-3,8,12,18H,1,4-7,9H2. The van der Waals surface area contributed by atoms with Crippen molar-refractivity contribution in [1.29, 1.82) is 5.26 Å². The number of hydrogen-bond acceptors (Lipinski definition) is 3. The summed E-state index contributed by atoms with van der Waals surface area (Å²) in [5.74, 6) is 0. The van der Waals surface area contributed by atoms with E-state index in [1.165, 1.54) is 19.3 Å². The van der Waals surface area contributed by atoms with E-state index in [0.29, 0.717) is 11.6 Å². The van der Waals surface area contributed by atoms with Gasteiger partial charge in [0.2, 0.25) is 0 Å². The third-order valence-electron chi connectivity index (χ3n) is 4.22. The van der Waals surface area contributed by atoms with Gasteiger partial charge in [0.1, 0.15) is 0 Å². The highest BCUT2D eigenvalue weighted by molar-refractivity contribution is 9.10. The fourth-order valence-electron chi connectivity index (χ4n) is 2.99. The minimum atomic E-state index is 0.162. The van der Waals surface area contributed by atoms with E-state index in [1.54, 1.807) is 0 Å². The molecular formula is C15H17BrN2O. The summed E-state index contributed by atoms with van der Waals surface area (Å²) in [5.41, 5.74) is 1.91. The third kappa shape index (κ3) is 2.63. The number of hydrogen-bond donors (Lipinski definition) is 1. The number of nitrogens with zero attached hydrogens (tertiary/aromatic N) is 1. The molecule has 3 rings (SSSR count). The van der Waals surface area contributed by atoms with Gasteiger partial charge in [-0.1, -0.05) is 0 Å². The van der Waals surface area contributed by atoms with Crippen LogP contribution in [0.1, 0.15) is 37.7 Å². The summed E-state index contributed by atoms with van der Waals surface area (Å²) in [6, 6.07) is 8.32. The molecule has 100 valence electrons. The SMILES string of the molecule is N#Cc1ccc(NC2CCOC3(CCC3)C2)c(Br)c1. The van der Waals surface area contributed by atoms with Crippen LogP contribution >= 0.6 is 15.9 Å². The molecule has 1 aliphatic carbocycles. The molecule has 1 aromatic carbocycles. The average Bonchev–Trinajstić information content (AvgIpc) is 2.39. The topological polar surface area (TPSA) is 45.0 Å². The summed E-state index contributed by atoms with van der Waals surface area (Å²) in [6.07, 6.45) is 5.86. The lowest BCUT2D eigenvalue weighted by Gasteiger charge is -2.47. The molecule has 2 aliphatic rings. The van der Waals surface area contributed by atoms with Crippen LogP contribution in [-0.2, 0) is 4.74 Å². The second-order valence-corrected chi connectivity index (χ2v) is 6.38. The van der Waals surface area contributed by atoms with Crippen LogP contribution in [0.3, 0.4) is 0 Å². The monoisotopic (exact) mass is 320 g/mol. The highest BCUT2D eigenvalue weighted by Gasteiger charge is 2.42. The molecule has 0 amide bonds. The summed E-state index contributed by atoms with van der Waals surface area (Å²) in [5, 5.41) is 12.5. The van der Waals surface area contributed by atoms with Crippen molar-refractivity contribution in [2.45, 2.75) is 43.7 Å². The van der Waals surface area contributed by atoms with E-state index in [-0.39, 0.29) is 5.60 Å². The van der Waals surface area contributed by atoms with Crippen LogP contribution in [0.25, 0.3) is 0 Å². The fourth-order valence-corrected chi connectivity index (χ4v) is 3.49. The molecule has 0 radical (unpaired) electrons.